The number of nitrogen functional groups attached to an aromatic ring is 1. The molecule has 0 atom stereocenters. The quantitative estimate of drug-likeness (QED) is 0.503. The van der Waals surface area contributed by atoms with Gasteiger partial charge >= 0.3 is 88.4 Å². The topological polar surface area (TPSA) is 50.9 Å². The van der Waals surface area contributed by atoms with Crippen LogP contribution in [0.1, 0.15) is 5.56 Å². The number of anilines is 1. The Morgan fingerprint density at radius 3 is 2.47 bits per heavy atom. The van der Waals surface area contributed by atoms with Crippen LogP contribution in [0.25, 0.3) is 11.3 Å². The summed E-state index contributed by atoms with van der Waals surface area (Å²) in [5.74, 6) is 5.30. The Bertz CT molecular complexity index is 424. The number of aromatic nitrogens is 1. The molecule has 0 bridgehead atoms. The van der Waals surface area contributed by atoms with Gasteiger partial charge in [-0.1, -0.05) is 0 Å². The van der Waals surface area contributed by atoms with E-state index in [4.69, 9.17) is 5.84 Å². The largest absolute Gasteiger partial charge is 0.147 e. The molecule has 3 nitrogen and oxygen atoms in total. The number of aryl methyl sites for hydroxylation is 1. The van der Waals surface area contributed by atoms with Crippen LogP contribution < -0.4 is 11.3 Å². The molecular weight excluding hydrogens is 277 g/mol. The summed E-state index contributed by atoms with van der Waals surface area (Å²) in [4.78, 5) is 6.51. The molecule has 0 aliphatic heterocycles. The fourth-order valence-electron chi connectivity index (χ4n) is 1.20. The van der Waals surface area contributed by atoms with Crippen molar-refractivity contribution in [1.82, 2.24) is 4.98 Å². The minimum absolute atomic E-state index is 0. The molecule has 0 aliphatic carbocycles. The smallest absolute Gasteiger partial charge is 0.147 e. The Labute approximate surface area is 101 Å². The van der Waals surface area contributed by atoms with Gasteiger partial charge in [0.25, 0.3) is 0 Å². The van der Waals surface area contributed by atoms with Gasteiger partial charge in [0.05, 0.1) is 0 Å². The van der Waals surface area contributed by atoms with Crippen LogP contribution in [0.4, 0.5) is 4.69 Å². The molecule has 80 valence electrons. The zero-order valence-corrected chi connectivity index (χ0v) is 10.8. The molecule has 0 saturated carbocycles. The first-order chi connectivity index (χ1) is 6.79. The van der Waals surface area contributed by atoms with E-state index in [-0.39, 0.29) is 26.9 Å². The maximum Gasteiger partial charge on any atom is -0.147 e. The van der Waals surface area contributed by atoms with Crippen LogP contribution in [0.15, 0.2) is 29.2 Å². The van der Waals surface area contributed by atoms with E-state index in [9.17, 15) is 0 Å². The zero-order valence-electron chi connectivity index (χ0n) is 8.23. The minimum atomic E-state index is 0. The van der Waals surface area contributed by atoms with Crippen molar-refractivity contribution < 1.29 is 0 Å². The van der Waals surface area contributed by atoms with E-state index in [1.165, 1.54) is 5.56 Å². The van der Waals surface area contributed by atoms with Crippen LogP contribution in [-0.2, 0) is 0 Å². The number of hydrazine groups is 1. The number of halogens is 1. The van der Waals surface area contributed by atoms with Gasteiger partial charge in [-0.3, -0.25) is 0 Å². The van der Waals surface area contributed by atoms with Gasteiger partial charge < -0.3 is 0 Å². The molecule has 0 spiro atoms. The van der Waals surface area contributed by atoms with Gasteiger partial charge in [-0.15, -0.1) is 12.4 Å². The summed E-state index contributed by atoms with van der Waals surface area (Å²) in [5, 5.41) is 0. The molecule has 0 amide bonds. The third-order valence-corrected chi connectivity index (χ3v) is 3.60. The van der Waals surface area contributed by atoms with Gasteiger partial charge in [0.2, 0.25) is 0 Å². The van der Waals surface area contributed by atoms with E-state index in [1.807, 2.05) is 0 Å². The summed E-state index contributed by atoms with van der Waals surface area (Å²) in [6.07, 6.45) is 0. The molecule has 2 aromatic rings. The molecule has 0 aliphatic rings. The van der Waals surface area contributed by atoms with Crippen molar-refractivity contribution in [3.05, 3.63) is 34.8 Å². The Balaban J connectivity index is 0.00000112. The molecule has 0 saturated heterocycles. The van der Waals surface area contributed by atoms with Crippen molar-refractivity contribution >= 4 is 31.6 Å². The first kappa shape index (κ1) is 12.3. The van der Waals surface area contributed by atoms with Crippen molar-refractivity contribution in [2.75, 3.05) is 5.43 Å². The summed E-state index contributed by atoms with van der Waals surface area (Å²) >= 11 is 0.259. The van der Waals surface area contributed by atoms with Gasteiger partial charge in [0, 0.05) is 0 Å². The summed E-state index contributed by atoms with van der Waals surface area (Å²) in [6, 6.07) is 8.35. The monoisotopic (exact) mass is 289 g/mol. The molecule has 0 unspecified atom stereocenters. The SMILES string of the molecule is Cc1ccc(-c2c[se]c(NN)n2)cc1.Cl. The maximum atomic E-state index is 5.30. The molecule has 15 heavy (non-hydrogen) atoms. The van der Waals surface area contributed by atoms with Gasteiger partial charge in [-0.2, -0.15) is 0 Å². The Morgan fingerprint density at radius 2 is 1.93 bits per heavy atom. The molecule has 0 fully saturated rings. The van der Waals surface area contributed by atoms with Crippen molar-refractivity contribution in [2.24, 2.45) is 5.84 Å². The van der Waals surface area contributed by atoms with Gasteiger partial charge in [0.1, 0.15) is 0 Å². The maximum absolute atomic E-state index is 5.30. The van der Waals surface area contributed by atoms with Crippen LogP contribution in [-0.4, -0.2) is 19.5 Å². The fraction of sp³-hybridized carbons (Fsp3) is 0.100. The van der Waals surface area contributed by atoms with Gasteiger partial charge in [-0.05, 0) is 0 Å². The standard InChI is InChI=1S/C10H11N3Se.ClH/c1-7-2-4-8(5-3-7)9-6-14-10(12-9)13-11;/h2-6H,11H2,1H3,(H,12,13);1H. The normalized spacial score (nSPS) is 9.47. The van der Waals surface area contributed by atoms with E-state index < -0.39 is 0 Å². The third kappa shape index (κ3) is 2.83. The van der Waals surface area contributed by atoms with Crippen molar-refractivity contribution in [2.45, 2.75) is 6.92 Å². The van der Waals surface area contributed by atoms with Crippen molar-refractivity contribution in [3.63, 3.8) is 0 Å². The van der Waals surface area contributed by atoms with Crippen LogP contribution in [0.3, 0.4) is 0 Å². The van der Waals surface area contributed by atoms with E-state index >= 15 is 0 Å². The second kappa shape index (κ2) is 5.33. The summed E-state index contributed by atoms with van der Waals surface area (Å²) < 4.78 is 0.882. The van der Waals surface area contributed by atoms with Crippen LogP contribution in [0.2, 0.25) is 0 Å². The Hall–Kier alpha value is -0.801. The molecule has 2 rings (SSSR count). The number of hydrogen-bond donors (Lipinski definition) is 2. The summed E-state index contributed by atoms with van der Waals surface area (Å²) in [7, 11) is 0. The fourth-order valence-corrected chi connectivity index (χ4v) is 2.52. The predicted octanol–water partition coefficient (Wildman–Crippen LogP) is 1.82. The van der Waals surface area contributed by atoms with E-state index in [2.05, 4.69) is 46.5 Å². The predicted molar refractivity (Wildman–Crippen MR) is 66.4 cm³/mol. The first-order valence-corrected chi connectivity index (χ1v) is 6.13. The van der Waals surface area contributed by atoms with E-state index in [1.54, 1.807) is 0 Å². The molecule has 0 radical (unpaired) electrons. The van der Waals surface area contributed by atoms with Crippen LogP contribution in [0.5, 0.6) is 0 Å². The van der Waals surface area contributed by atoms with Crippen molar-refractivity contribution in [3.8, 4) is 11.3 Å². The minimum Gasteiger partial charge on any atom is -0.147 e. The Morgan fingerprint density at radius 1 is 1.27 bits per heavy atom. The average molecular weight is 289 g/mol. The van der Waals surface area contributed by atoms with E-state index in [0.29, 0.717) is 0 Å². The van der Waals surface area contributed by atoms with E-state index in [0.717, 1.165) is 15.9 Å². The second-order valence-electron chi connectivity index (χ2n) is 3.05. The average Bonchev–Trinajstić information content (AvgIpc) is 2.67. The molecule has 1 aromatic heterocycles. The Kier molecular flexibility index (Phi) is 4.36. The molecule has 1 aromatic carbocycles. The molecule has 5 heteroatoms. The molecule has 1 heterocycles. The number of nitrogens with zero attached hydrogens (tertiary/aromatic N) is 1. The molecule has 3 N–H and O–H groups in total. The van der Waals surface area contributed by atoms with Crippen molar-refractivity contribution in [1.29, 1.82) is 0 Å². The number of nitrogens with two attached hydrogens (primary N) is 1. The number of nitrogens with one attached hydrogen (secondary N) is 1. The number of hydrogen-bond acceptors (Lipinski definition) is 3. The first-order valence-electron chi connectivity index (χ1n) is 4.29. The van der Waals surface area contributed by atoms with Gasteiger partial charge in [0.15, 0.2) is 0 Å². The second-order valence-corrected chi connectivity index (χ2v) is 4.85. The van der Waals surface area contributed by atoms with Crippen LogP contribution in [0, 0.1) is 6.92 Å². The number of benzene rings is 1. The zero-order chi connectivity index (χ0) is 9.97. The summed E-state index contributed by atoms with van der Waals surface area (Å²) in [5.41, 5.74) is 6.04. The number of rotatable bonds is 2. The van der Waals surface area contributed by atoms with Crippen LogP contribution >= 0.6 is 12.4 Å². The van der Waals surface area contributed by atoms with Gasteiger partial charge in [-0.25, -0.2) is 0 Å². The molecular formula is C10H12ClN3Se. The third-order valence-electron chi connectivity index (χ3n) is 1.97. The summed E-state index contributed by atoms with van der Waals surface area (Å²) in [6.45, 7) is 2.08.